The molecule has 4 heteroatoms. The van der Waals surface area contributed by atoms with Gasteiger partial charge in [-0.1, -0.05) is 0 Å². The van der Waals surface area contributed by atoms with E-state index < -0.39 is 11.4 Å². The highest BCUT2D eigenvalue weighted by Crippen LogP contribution is 2.00. The zero-order chi connectivity index (χ0) is 8.43. The average molecular weight is 154 g/mol. The van der Waals surface area contributed by atoms with E-state index in [0.717, 1.165) is 0 Å². The Morgan fingerprint density at radius 2 is 2.27 bits per heavy atom. The van der Waals surface area contributed by atoms with Gasteiger partial charge in [0.1, 0.15) is 0 Å². The molecule has 1 heterocycles. The molecule has 4 nitrogen and oxygen atoms in total. The molecule has 1 N–H and O–H groups in total. The lowest BCUT2D eigenvalue weighted by Crippen LogP contribution is -2.21. The Morgan fingerprint density at radius 3 is 2.73 bits per heavy atom. The molecule has 0 saturated carbocycles. The maximum absolute atomic E-state index is 11.1. The molecule has 0 radical (unpaired) electrons. The van der Waals surface area contributed by atoms with Crippen LogP contribution in [-0.2, 0) is 0 Å². The second-order valence-electron chi connectivity index (χ2n) is 2.56. The predicted octanol–water partition coefficient (Wildman–Crippen LogP) is 0.530. The molecule has 0 aromatic carbocycles. The van der Waals surface area contributed by atoms with Gasteiger partial charge in [-0.3, -0.25) is 4.79 Å². The minimum absolute atomic E-state index is 0.0522. The first kappa shape index (κ1) is 7.78. The fourth-order valence-electron chi connectivity index (χ4n) is 0.821. The van der Waals surface area contributed by atoms with E-state index in [2.05, 4.69) is 4.98 Å². The fourth-order valence-corrected chi connectivity index (χ4v) is 0.821. The summed E-state index contributed by atoms with van der Waals surface area (Å²) < 4.78 is 1.42. The van der Waals surface area contributed by atoms with Crippen LogP contribution in [0.1, 0.15) is 19.9 Å². The summed E-state index contributed by atoms with van der Waals surface area (Å²) in [7, 11) is 0. The van der Waals surface area contributed by atoms with Crippen LogP contribution in [0.3, 0.4) is 0 Å². The van der Waals surface area contributed by atoms with Crippen LogP contribution in [0.5, 0.6) is 5.88 Å². The average Bonchev–Trinajstić information content (AvgIpc) is 1.94. The first-order valence-electron chi connectivity index (χ1n) is 3.39. The quantitative estimate of drug-likeness (QED) is 0.642. The largest absolute Gasteiger partial charge is 0.489 e. The highest BCUT2D eigenvalue weighted by molar-refractivity contribution is 5.01. The van der Waals surface area contributed by atoms with Gasteiger partial charge in [0.2, 0.25) is 0 Å². The Balaban J connectivity index is 3.28. The topological polar surface area (TPSA) is 55.1 Å². The summed E-state index contributed by atoms with van der Waals surface area (Å²) in [5.74, 6) is -0.443. The number of nitrogens with zero attached hydrogens (tertiary/aromatic N) is 2. The number of aromatic hydroxyl groups is 1. The summed E-state index contributed by atoms with van der Waals surface area (Å²) in [5, 5.41) is 8.90. The van der Waals surface area contributed by atoms with Gasteiger partial charge in [0.25, 0.3) is 5.88 Å². The SMILES string of the molecule is CC(C)n1ccnc(O)c1=O. The van der Waals surface area contributed by atoms with Crippen molar-refractivity contribution in [3.63, 3.8) is 0 Å². The summed E-state index contributed by atoms with van der Waals surface area (Å²) in [6, 6.07) is 0.0522. The van der Waals surface area contributed by atoms with Gasteiger partial charge >= 0.3 is 5.56 Å². The summed E-state index contributed by atoms with van der Waals surface area (Å²) in [6.45, 7) is 3.72. The van der Waals surface area contributed by atoms with Crippen LogP contribution in [0.15, 0.2) is 17.2 Å². The first-order chi connectivity index (χ1) is 5.13. The fraction of sp³-hybridized carbons (Fsp3) is 0.429. The lowest BCUT2D eigenvalue weighted by molar-refractivity contribution is 0.426. The second kappa shape index (κ2) is 2.74. The molecule has 11 heavy (non-hydrogen) atoms. The van der Waals surface area contributed by atoms with Gasteiger partial charge in [-0.05, 0) is 13.8 Å². The molecule has 0 amide bonds. The van der Waals surface area contributed by atoms with Crippen molar-refractivity contribution in [3.05, 3.63) is 22.7 Å². The number of hydrogen-bond donors (Lipinski definition) is 1. The lowest BCUT2D eigenvalue weighted by atomic mass is 10.4. The molecular weight excluding hydrogens is 144 g/mol. The molecule has 0 fully saturated rings. The Kier molecular flexibility index (Phi) is 1.94. The number of hydrogen-bond acceptors (Lipinski definition) is 3. The third-order valence-electron chi connectivity index (χ3n) is 1.41. The molecule has 1 aromatic heterocycles. The van der Waals surface area contributed by atoms with Gasteiger partial charge in [-0.25, -0.2) is 4.98 Å². The molecule has 0 bridgehead atoms. The molecule has 60 valence electrons. The van der Waals surface area contributed by atoms with E-state index in [1.807, 2.05) is 13.8 Å². The summed E-state index contributed by atoms with van der Waals surface area (Å²) in [5.41, 5.74) is -0.442. The van der Waals surface area contributed by atoms with Crippen LogP contribution in [0.2, 0.25) is 0 Å². The van der Waals surface area contributed by atoms with Crippen LogP contribution < -0.4 is 5.56 Å². The van der Waals surface area contributed by atoms with Crippen molar-refractivity contribution < 1.29 is 5.11 Å². The smallest absolute Gasteiger partial charge is 0.313 e. The molecule has 0 spiro atoms. The van der Waals surface area contributed by atoms with Crippen LogP contribution in [0.4, 0.5) is 0 Å². The molecule has 0 aliphatic heterocycles. The highest BCUT2D eigenvalue weighted by Gasteiger charge is 2.03. The summed E-state index contributed by atoms with van der Waals surface area (Å²) >= 11 is 0. The van der Waals surface area contributed by atoms with Crippen molar-refractivity contribution in [1.29, 1.82) is 0 Å². The Morgan fingerprint density at radius 1 is 1.64 bits per heavy atom. The monoisotopic (exact) mass is 154 g/mol. The Bertz CT molecular complexity index is 304. The van der Waals surface area contributed by atoms with Gasteiger partial charge in [-0.2, -0.15) is 0 Å². The third kappa shape index (κ3) is 1.39. The standard InChI is InChI=1S/C7H10N2O2/c1-5(2)9-4-3-8-6(10)7(9)11/h3-5H,1-2H3,(H,8,10). The molecule has 0 atom stereocenters. The Hall–Kier alpha value is -1.32. The van der Waals surface area contributed by atoms with E-state index in [0.29, 0.717) is 0 Å². The van der Waals surface area contributed by atoms with Gasteiger partial charge in [0.05, 0.1) is 0 Å². The minimum atomic E-state index is -0.443. The first-order valence-corrected chi connectivity index (χ1v) is 3.39. The van der Waals surface area contributed by atoms with Crippen LogP contribution in [0.25, 0.3) is 0 Å². The highest BCUT2D eigenvalue weighted by atomic mass is 16.3. The lowest BCUT2D eigenvalue weighted by Gasteiger charge is -2.07. The minimum Gasteiger partial charge on any atom is -0.489 e. The summed E-state index contributed by atoms with van der Waals surface area (Å²) in [4.78, 5) is 14.5. The zero-order valence-corrected chi connectivity index (χ0v) is 6.48. The molecule has 0 aliphatic carbocycles. The van der Waals surface area contributed by atoms with E-state index >= 15 is 0 Å². The predicted molar refractivity (Wildman–Crippen MR) is 40.5 cm³/mol. The summed E-state index contributed by atoms with van der Waals surface area (Å²) in [6.07, 6.45) is 2.95. The normalized spacial score (nSPS) is 10.5. The van der Waals surface area contributed by atoms with Crippen LogP contribution in [-0.4, -0.2) is 14.7 Å². The van der Waals surface area contributed by atoms with Crippen molar-refractivity contribution in [3.8, 4) is 5.88 Å². The van der Waals surface area contributed by atoms with Crippen molar-refractivity contribution >= 4 is 0 Å². The van der Waals surface area contributed by atoms with Crippen LogP contribution >= 0.6 is 0 Å². The molecule has 1 aromatic rings. The van der Waals surface area contributed by atoms with E-state index in [9.17, 15) is 4.79 Å². The van der Waals surface area contributed by atoms with Gasteiger partial charge in [0, 0.05) is 18.4 Å². The second-order valence-corrected chi connectivity index (χ2v) is 2.56. The van der Waals surface area contributed by atoms with E-state index in [-0.39, 0.29) is 6.04 Å². The molecular formula is C7H10N2O2. The van der Waals surface area contributed by atoms with Gasteiger partial charge < -0.3 is 9.67 Å². The van der Waals surface area contributed by atoms with Gasteiger partial charge in [-0.15, -0.1) is 0 Å². The van der Waals surface area contributed by atoms with E-state index in [1.165, 1.54) is 10.8 Å². The van der Waals surface area contributed by atoms with Crippen molar-refractivity contribution in [1.82, 2.24) is 9.55 Å². The van der Waals surface area contributed by atoms with Crippen LogP contribution in [0, 0.1) is 0 Å². The molecule has 0 saturated heterocycles. The molecule has 0 aliphatic rings. The third-order valence-corrected chi connectivity index (χ3v) is 1.41. The van der Waals surface area contributed by atoms with E-state index in [1.54, 1.807) is 6.20 Å². The van der Waals surface area contributed by atoms with Crippen molar-refractivity contribution in [2.24, 2.45) is 0 Å². The van der Waals surface area contributed by atoms with Crippen molar-refractivity contribution in [2.75, 3.05) is 0 Å². The molecule has 1 rings (SSSR count). The Labute approximate surface area is 64.1 Å². The zero-order valence-electron chi connectivity index (χ0n) is 6.48. The molecule has 0 unspecified atom stereocenters. The van der Waals surface area contributed by atoms with Crippen molar-refractivity contribution in [2.45, 2.75) is 19.9 Å². The number of aromatic nitrogens is 2. The number of rotatable bonds is 1. The van der Waals surface area contributed by atoms with Gasteiger partial charge in [0.15, 0.2) is 0 Å². The maximum Gasteiger partial charge on any atom is 0.313 e. The van der Waals surface area contributed by atoms with E-state index in [4.69, 9.17) is 5.11 Å². The maximum atomic E-state index is 11.1.